The Kier molecular flexibility index (Phi) is 5.05. The molecule has 0 spiro atoms. The summed E-state index contributed by atoms with van der Waals surface area (Å²) in [7, 11) is 0. The predicted octanol–water partition coefficient (Wildman–Crippen LogP) is 2.26. The van der Waals surface area contributed by atoms with Crippen molar-refractivity contribution in [3.8, 4) is 0 Å². The second kappa shape index (κ2) is 5.87. The molecule has 96 valence electrons. The van der Waals surface area contributed by atoms with E-state index in [1.807, 2.05) is 11.8 Å². The molecule has 1 rings (SSSR count). The number of rotatable bonds is 5. The molecule has 0 amide bonds. The minimum Gasteiger partial charge on any atom is -0.317 e. The van der Waals surface area contributed by atoms with Crippen molar-refractivity contribution in [3.63, 3.8) is 0 Å². The predicted molar refractivity (Wildman–Crippen MR) is 58.4 cm³/mol. The molecule has 1 aliphatic rings. The lowest BCUT2D eigenvalue weighted by Gasteiger charge is -2.25. The maximum absolute atomic E-state index is 12.2. The van der Waals surface area contributed by atoms with Crippen LogP contribution >= 0.6 is 0 Å². The van der Waals surface area contributed by atoms with Gasteiger partial charge in [-0.05, 0) is 38.9 Å². The Bertz CT molecular complexity index is 206. The summed E-state index contributed by atoms with van der Waals surface area (Å²) in [5.41, 5.74) is 0. The first-order chi connectivity index (χ1) is 7.42. The van der Waals surface area contributed by atoms with Gasteiger partial charge in [-0.2, -0.15) is 13.2 Å². The average molecular weight is 238 g/mol. The van der Waals surface area contributed by atoms with Crippen molar-refractivity contribution in [1.82, 2.24) is 10.2 Å². The molecule has 0 aromatic rings. The van der Waals surface area contributed by atoms with E-state index in [0.29, 0.717) is 5.92 Å². The van der Waals surface area contributed by atoms with Gasteiger partial charge < -0.3 is 5.32 Å². The van der Waals surface area contributed by atoms with Crippen LogP contribution in [-0.2, 0) is 0 Å². The van der Waals surface area contributed by atoms with Crippen molar-refractivity contribution in [2.45, 2.75) is 38.9 Å². The van der Waals surface area contributed by atoms with E-state index in [1.165, 1.54) is 0 Å². The quantitative estimate of drug-likeness (QED) is 0.790. The van der Waals surface area contributed by atoms with Gasteiger partial charge in [0.2, 0.25) is 0 Å². The van der Waals surface area contributed by atoms with Crippen molar-refractivity contribution >= 4 is 0 Å². The third-order valence-corrected chi connectivity index (χ3v) is 3.15. The number of hydrogen-bond acceptors (Lipinski definition) is 2. The summed E-state index contributed by atoms with van der Waals surface area (Å²) in [5.74, 6) is 0.510. The molecule has 1 heterocycles. The molecule has 2 unspecified atom stereocenters. The largest absolute Gasteiger partial charge is 0.390 e. The number of halogens is 3. The Morgan fingerprint density at radius 1 is 1.44 bits per heavy atom. The Hall–Kier alpha value is -0.290. The standard InChI is InChI=1S/C11H21F3N2/c1-3-15-7-10-4-5-16(8-10)9(2)6-11(12,13)14/h9-10,15H,3-8H2,1-2H3. The normalized spacial score (nSPS) is 24.9. The fourth-order valence-electron chi connectivity index (χ4n) is 2.24. The van der Waals surface area contributed by atoms with E-state index in [-0.39, 0.29) is 6.04 Å². The second-order valence-electron chi connectivity index (χ2n) is 4.63. The topological polar surface area (TPSA) is 15.3 Å². The first-order valence-corrected chi connectivity index (χ1v) is 5.94. The molecule has 16 heavy (non-hydrogen) atoms. The summed E-state index contributed by atoms with van der Waals surface area (Å²) >= 11 is 0. The first-order valence-electron chi connectivity index (χ1n) is 5.94. The summed E-state index contributed by atoms with van der Waals surface area (Å²) in [5, 5.41) is 3.25. The maximum atomic E-state index is 12.2. The molecule has 2 nitrogen and oxygen atoms in total. The van der Waals surface area contributed by atoms with Crippen molar-refractivity contribution < 1.29 is 13.2 Å². The summed E-state index contributed by atoms with van der Waals surface area (Å²) in [6.45, 7) is 7.15. The van der Waals surface area contributed by atoms with Gasteiger partial charge in [0.25, 0.3) is 0 Å². The van der Waals surface area contributed by atoms with Gasteiger partial charge in [0.15, 0.2) is 0 Å². The first kappa shape index (κ1) is 13.8. The van der Waals surface area contributed by atoms with E-state index < -0.39 is 12.6 Å². The van der Waals surface area contributed by atoms with Crippen LogP contribution in [0.3, 0.4) is 0 Å². The zero-order chi connectivity index (χ0) is 12.2. The van der Waals surface area contributed by atoms with E-state index in [2.05, 4.69) is 5.32 Å². The Balaban J connectivity index is 2.29. The van der Waals surface area contributed by atoms with Gasteiger partial charge in [-0.15, -0.1) is 0 Å². The molecular weight excluding hydrogens is 217 g/mol. The van der Waals surface area contributed by atoms with E-state index in [9.17, 15) is 13.2 Å². The molecule has 0 aliphatic carbocycles. The molecular formula is C11H21F3N2. The molecule has 0 aromatic carbocycles. The lowest BCUT2D eigenvalue weighted by atomic mass is 10.1. The molecule has 1 N–H and O–H groups in total. The fourth-order valence-corrected chi connectivity index (χ4v) is 2.24. The molecule has 0 saturated carbocycles. The fraction of sp³-hybridized carbons (Fsp3) is 1.00. The highest BCUT2D eigenvalue weighted by Gasteiger charge is 2.34. The van der Waals surface area contributed by atoms with Crippen LogP contribution in [0, 0.1) is 5.92 Å². The minimum absolute atomic E-state index is 0.383. The molecule has 1 fully saturated rings. The van der Waals surface area contributed by atoms with Crippen LogP contribution in [0.4, 0.5) is 13.2 Å². The van der Waals surface area contributed by atoms with Crippen LogP contribution in [0.1, 0.15) is 26.7 Å². The number of alkyl halides is 3. The SMILES string of the molecule is CCNCC1CCN(C(C)CC(F)(F)F)C1. The second-order valence-corrected chi connectivity index (χ2v) is 4.63. The van der Waals surface area contributed by atoms with E-state index >= 15 is 0 Å². The lowest BCUT2D eigenvalue weighted by molar-refractivity contribution is -0.145. The van der Waals surface area contributed by atoms with E-state index in [4.69, 9.17) is 0 Å². The van der Waals surface area contributed by atoms with Gasteiger partial charge in [0, 0.05) is 12.6 Å². The minimum atomic E-state index is -4.04. The third-order valence-electron chi connectivity index (χ3n) is 3.15. The highest BCUT2D eigenvalue weighted by atomic mass is 19.4. The van der Waals surface area contributed by atoms with Gasteiger partial charge in [0.1, 0.15) is 0 Å². The average Bonchev–Trinajstić information content (AvgIpc) is 2.60. The summed E-state index contributed by atoms with van der Waals surface area (Å²) in [6, 6.07) is -0.383. The van der Waals surface area contributed by atoms with Crippen molar-refractivity contribution in [3.05, 3.63) is 0 Å². The zero-order valence-electron chi connectivity index (χ0n) is 9.98. The summed E-state index contributed by atoms with van der Waals surface area (Å²) in [6.07, 6.45) is -3.73. The van der Waals surface area contributed by atoms with Crippen LogP contribution < -0.4 is 5.32 Å². The van der Waals surface area contributed by atoms with E-state index in [0.717, 1.165) is 32.6 Å². The maximum Gasteiger partial charge on any atom is 0.390 e. The third kappa shape index (κ3) is 4.70. The van der Waals surface area contributed by atoms with Crippen molar-refractivity contribution in [2.75, 3.05) is 26.2 Å². The van der Waals surface area contributed by atoms with Gasteiger partial charge >= 0.3 is 6.18 Å². The summed E-state index contributed by atoms with van der Waals surface area (Å²) < 4.78 is 36.7. The van der Waals surface area contributed by atoms with Crippen LogP contribution in [0.25, 0.3) is 0 Å². The molecule has 1 aliphatic heterocycles. The number of nitrogens with one attached hydrogen (secondary N) is 1. The molecule has 5 heteroatoms. The van der Waals surface area contributed by atoms with Crippen LogP contribution in [0.2, 0.25) is 0 Å². The number of nitrogens with zero attached hydrogens (tertiary/aromatic N) is 1. The smallest absolute Gasteiger partial charge is 0.317 e. The van der Waals surface area contributed by atoms with Crippen molar-refractivity contribution in [2.24, 2.45) is 5.92 Å². The number of hydrogen-bond donors (Lipinski definition) is 1. The Labute approximate surface area is 95.2 Å². The van der Waals surface area contributed by atoms with Crippen LogP contribution in [-0.4, -0.2) is 43.3 Å². The Morgan fingerprint density at radius 2 is 2.12 bits per heavy atom. The number of likely N-dealkylation sites (tertiary alicyclic amines) is 1. The molecule has 2 atom stereocenters. The molecule has 1 saturated heterocycles. The van der Waals surface area contributed by atoms with Crippen LogP contribution in [0.15, 0.2) is 0 Å². The Morgan fingerprint density at radius 3 is 2.69 bits per heavy atom. The highest BCUT2D eigenvalue weighted by Crippen LogP contribution is 2.27. The molecule has 0 aromatic heterocycles. The van der Waals surface area contributed by atoms with Gasteiger partial charge in [0.05, 0.1) is 6.42 Å². The summed E-state index contributed by atoms with van der Waals surface area (Å²) in [4.78, 5) is 1.95. The van der Waals surface area contributed by atoms with Gasteiger partial charge in [-0.3, -0.25) is 4.90 Å². The van der Waals surface area contributed by atoms with Gasteiger partial charge in [-0.25, -0.2) is 0 Å². The van der Waals surface area contributed by atoms with E-state index in [1.54, 1.807) is 6.92 Å². The molecule has 0 bridgehead atoms. The van der Waals surface area contributed by atoms with Crippen molar-refractivity contribution in [1.29, 1.82) is 0 Å². The highest BCUT2D eigenvalue weighted by molar-refractivity contribution is 4.81. The van der Waals surface area contributed by atoms with Crippen LogP contribution in [0.5, 0.6) is 0 Å². The lowest BCUT2D eigenvalue weighted by Crippen LogP contribution is -2.35. The zero-order valence-corrected chi connectivity index (χ0v) is 9.98. The van der Waals surface area contributed by atoms with Gasteiger partial charge in [-0.1, -0.05) is 6.92 Å². The molecule has 0 radical (unpaired) electrons. The monoisotopic (exact) mass is 238 g/mol.